The Morgan fingerprint density at radius 3 is 0.740 bits per heavy atom. The maximum absolute atomic E-state index is 2.21. The molecule has 0 heterocycles. The minimum atomic E-state index is 1.29. The van der Waals surface area contributed by atoms with Crippen LogP contribution in [0.15, 0.2) is 158 Å². The van der Waals surface area contributed by atoms with Crippen molar-refractivity contribution in [3.05, 3.63) is 202 Å². The summed E-state index contributed by atoms with van der Waals surface area (Å²) in [6, 6.07) is 55.9. The molecule has 0 aromatic heterocycles. The second-order valence-corrected chi connectivity index (χ2v) is 13.5. The molecular weight excluding hydrogens is 601 g/mol. The molecule has 0 saturated heterocycles. The molecule has 0 atom stereocenters. The minimum absolute atomic E-state index is 1.29. The lowest BCUT2D eigenvalue weighted by Crippen LogP contribution is -1.87. The quantitative estimate of drug-likeness (QED) is 0.155. The van der Waals surface area contributed by atoms with Crippen molar-refractivity contribution in [2.45, 2.75) is 55.4 Å². The fourth-order valence-corrected chi connectivity index (χ4v) is 6.32. The van der Waals surface area contributed by atoms with E-state index in [1.165, 1.54) is 88.0 Å². The molecule has 250 valence electrons. The Morgan fingerprint density at radius 1 is 0.220 bits per heavy atom. The van der Waals surface area contributed by atoms with E-state index >= 15 is 0 Å². The van der Waals surface area contributed by atoms with Gasteiger partial charge in [0.2, 0.25) is 0 Å². The third kappa shape index (κ3) is 8.95. The van der Waals surface area contributed by atoms with Crippen LogP contribution in [0.2, 0.25) is 0 Å². The second kappa shape index (κ2) is 16.8. The predicted molar refractivity (Wildman–Crippen MR) is 222 cm³/mol. The first kappa shape index (κ1) is 35.8. The van der Waals surface area contributed by atoms with Crippen LogP contribution in [0.3, 0.4) is 0 Å². The predicted octanol–water partition coefficient (Wildman–Crippen LogP) is 14.3. The van der Waals surface area contributed by atoms with Gasteiger partial charge in [-0.3, -0.25) is 0 Å². The van der Waals surface area contributed by atoms with E-state index in [9.17, 15) is 0 Å². The highest BCUT2D eigenvalue weighted by atomic mass is 14.1. The summed E-state index contributed by atoms with van der Waals surface area (Å²) in [6.45, 7) is 17.1. The Kier molecular flexibility index (Phi) is 12.0. The minimum Gasteiger partial charge on any atom is -0.0616 e. The van der Waals surface area contributed by atoms with Crippen LogP contribution < -0.4 is 0 Å². The van der Waals surface area contributed by atoms with Gasteiger partial charge in [0.05, 0.1) is 0 Å². The van der Waals surface area contributed by atoms with Gasteiger partial charge in [-0.2, -0.15) is 0 Å². The maximum atomic E-state index is 2.21. The molecular formula is C50H50. The Balaban J connectivity index is 0.000000133. The number of aryl methyl sites for hydroxylation is 8. The van der Waals surface area contributed by atoms with E-state index in [-0.39, 0.29) is 0 Å². The molecule has 0 spiro atoms. The van der Waals surface area contributed by atoms with Crippen molar-refractivity contribution in [3.63, 3.8) is 0 Å². The molecule has 0 fully saturated rings. The summed E-state index contributed by atoms with van der Waals surface area (Å²) >= 11 is 0. The van der Waals surface area contributed by atoms with Crippen molar-refractivity contribution in [2.75, 3.05) is 0 Å². The smallest absolute Gasteiger partial charge is 0.0146 e. The molecule has 0 unspecified atom stereocenters. The highest BCUT2D eigenvalue weighted by Crippen LogP contribution is 2.31. The van der Waals surface area contributed by atoms with Crippen LogP contribution in [0.25, 0.3) is 43.4 Å². The van der Waals surface area contributed by atoms with E-state index in [4.69, 9.17) is 0 Å². The molecule has 0 aliphatic rings. The van der Waals surface area contributed by atoms with E-state index in [1.54, 1.807) is 0 Å². The van der Waals surface area contributed by atoms with Gasteiger partial charge in [-0.25, -0.2) is 0 Å². The standard InChI is InChI=1S/C16H14.C14H14.C12H12.C8H10/c1-11-13-7-3-5-9-15(13)12(2)16-10-6-4-8-14(11)16;1-11-3-7-13(8-4-11)14-9-5-12(2)6-10-14;1-9-5-3-8-12-10(2)6-4-7-11(9)12;1-7-3-5-8(2)6-4-7/h3-10H,1-2H3;3-10H,1-2H3;3-8H,1-2H3;3-6H,1-2H3. The molecule has 8 rings (SSSR count). The number of hydrogen-bond donors (Lipinski definition) is 0. The van der Waals surface area contributed by atoms with Crippen molar-refractivity contribution >= 4 is 32.3 Å². The number of benzene rings is 8. The van der Waals surface area contributed by atoms with Crippen LogP contribution in [0, 0.1) is 55.4 Å². The highest BCUT2D eigenvalue weighted by molar-refractivity contribution is 6.05. The molecule has 0 N–H and O–H groups in total. The number of hydrogen-bond acceptors (Lipinski definition) is 0. The zero-order chi connectivity index (χ0) is 35.6. The van der Waals surface area contributed by atoms with Gasteiger partial charge in [-0.05, 0) is 121 Å². The van der Waals surface area contributed by atoms with Gasteiger partial charge in [0, 0.05) is 0 Å². The topological polar surface area (TPSA) is 0 Å². The molecule has 0 amide bonds. The molecule has 0 aliphatic carbocycles. The third-order valence-corrected chi connectivity index (χ3v) is 9.48. The Morgan fingerprint density at radius 2 is 0.460 bits per heavy atom. The molecule has 0 saturated carbocycles. The van der Waals surface area contributed by atoms with Crippen molar-refractivity contribution in [3.8, 4) is 11.1 Å². The van der Waals surface area contributed by atoms with Gasteiger partial charge in [0.15, 0.2) is 0 Å². The van der Waals surface area contributed by atoms with E-state index in [2.05, 4.69) is 213 Å². The summed E-state index contributed by atoms with van der Waals surface area (Å²) in [7, 11) is 0. The van der Waals surface area contributed by atoms with Gasteiger partial charge < -0.3 is 0 Å². The van der Waals surface area contributed by atoms with E-state index < -0.39 is 0 Å². The van der Waals surface area contributed by atoms with Crippen molar-refractivity contribution in [2.24, 2.45) is 0 Å². The van der Waals surface area contributed by atoms with Crippen molar-refractivity contribution in [1.29, 1.82) is 0 Å². The SMILES string of the molecule is Cc1c2ccccc2c(C)c2ccccc12.Cc1ccc(-c2ccc(C)cc2)cc1.Cc1ccc(C)cc1.Cc1cccc2c(C)cccc12. The molecule has 8 aromatic carbocycles. The average molecular weight is 651 g/mol. The summed E-state index contributed by atoms with van der Waals surface area (Å²) in [5, 5.41) is 8.24. The van der Waals surface area contributed by atoms with Crippen molar-refractivity contribution in [1.82, 2.24) is 0 Å². The molecule has 0 heteroatoms. The van der Waals surface area contributed by atoms with Crippen LogP contribution in [-0.4, -0.2) is 0 Å². The molecule has 0 aliphatic heterocycles. The van der Waals surface area contributed by atoms with Crippen LogP contribution in [-0.2, 0) is 0 Å². The van der Waals surface area contributed by atoms with Gasteiger partial charge >= 0.3 is 0 Å². The molecule has 0 bridgehead atoms. The summed E-state index contributed by atoms with van der Waals surface area (Å²) < 4.78 is 0. The van der Waals surface area contributed by atoms with E-state index in [0.717, 1.165) is 0 Å². The monoisotopic (exact) mass is 650 g/mol. The third-order valence-electron chi connectivity index (χ3n) is 9.48. The first-order valence-electron chi connectivity index (χ1n) is 17.6. The number of fused-ring (bicyclic) bond motifs is 3. The normalized spacial score (nSPS) is 10.4. The Labute approximate surface area is 300 Å². The lowest BCUT2D eigenvalue weighted by Gasteiger charge is -2.11. The zero-order valence-electron chi connectivity index (χ0n) is 31.0. The maximum Gasteiger partial charge on any atom is -0.0146 e. The van der Waals surface area contributed by atoms with Gasteiger partial charge in [0.1, 0.15) is 0 Å². The first-order chi connectivity index (χ1) is 24.1. The highest BCUT2D eigenvalue weighted by Gasteiger charge is 2.06. The van der Waals surface area contributed by atoms with E-state index in [1.807, 2.05) is 0 Å². The summed E-state index contributed by atoms with van der Waals surface area (Å²) in [6.07, 6.45) is 0. The average Bonchev–Trinajstić information content (AvgIpc) is 3.14. The fourth-order valence-electron chi connectivity index (χ4n) is 6.32. The van der Waals surface area contributed by atoms with Gasteiger partial charge in [0.25, 0.3) is 0 Å². The summed E-state index contributed by atoms with van der Waals surface area (Å²) in [4.78, 5) is 0. The first-order valence-corrected chi connectivity index (χ1v) is 17.6. The zero-order valence-corrected chi connectivity index (χ0v) is 31.0. The fraction of sp³-hybridized carbons (Fsp3) is 0.160. The largest absolute Gasteiger partial charge is 0.0616 e. The van der Waals surface area contributed by atoms with E-state index in [0.29, 0.717) is 0 Å². The van der Waals surface area contributed by atoms with Crippen molar-refractivity contribution < 1.29 is 0 Å². The van der Waals surface area contributed by atoms with Crippen LogP contribution in [0.4, 0.5) is 0 Å². The molecule has 50 heavy (non-hydrogen) atoms. The number of rotatable bonds is 1. The molecule has 8 aromatic rings. The molecule has 0 radical (unpaired) electrons. The van der Waals surface area contributed by atoms with Crippen LogP contribution in [0.5, 0.6) is 0 Å². The summed E-state index contributed by atoms with van der Waals surface area (Å²) in [5.74, 6) is 0. The second-order valence-electron chi connectivity index (χ2n) is 13.5. The summed E-state index contributed by atoms with van der Waals surface area (Å²) in [5.41, 5.74) is 13.3. The lowest BCUT2D eigenvalue weighted by molar-refractivity contribution is 1.40. The molecule has 0 nitrogen and oxygen atoms in total. The lowest BCUT2D eigenvalue weighted by atomic mass is 9.93. The van der Waals surface area contributed by atoms with Crippen LogP contribution in [0.1, 0.15) is 44.5 Å². The Hall–Kier alpha value is -5.46. The Bertz CT molecular complexity index is 2080. The van der Waals surface area contributed by atoms with Crippen LogP contribution >= 0.6 is 0 Å². The van der Waals surface area contributed by atoms with Gasteiger partial charge in [-0.15, -0.1) is 0 Å². The van der Waals surface area contributed by atoms with Gasteiger partial charge in [-0.1, -0.05) is 180 Å².